The second kappa shape index (κ2) is 38.3. The third-order valence-electron chi connectivity index (χ3n) is 1.61. The van der Waals surface area contributed by atoms with Crippen LogP contribution in [-0.2, 0) is 42.3 Å². The topological polar surface area (TPSA) is 125 Å². The summed E-state index contributed by atoms with van der Waals surface area (Å²) < 4.78 is 0. The smallest absolute Gasteiger partial charge is 0.317 e. The Labute approximate surface area is 172 Å². The van der Waals surface area contributed by atoms with Gasteiger partial charge in [0.1, 0.15) is 0 Å². The normalized spacial score (nSPS) is 7.88. The number of carboxylic acid groups (broad SMARTS) is 2. The van der Waals surface area contributed by atoms with E-state index < -0.39 is 11.9 Å². The van der Waals surface area contributed by atoms with E-state index in [1.807, 2.05) is 13.8 Å². The molecule has 0 atom stereocenters. The van der Waals surface area contributed by atoms with Crippen molar-refractivity contribution >= 4 is 11.9 Å². The first-order valence-electron chi connectivity index (χ1n) is 7.65. The Hall–Kier alpha value is -0.336. The summed E-state index contributed by atoms with van der Waals surface area (Å²) in [5.41, 5.74) is 4.97. The first kappa shape index (κ1) is 34.9. The molecule has 8 heteroatoms. The van der Waals surface area contributed by atoms with Crippen LogP contribution in [0.15, 0.2) is 6.58 Å². The van der Waals surface area contributed by atoms with Crippen molar-refractivity contribution in [3.8, 4) is 0 Å². The van der Waals surface area contributed by atoms with Crippen LogP contribution in [0, 0.1) is 13.0 Å². The van der Waals surface area contributed by atoms with Gasteiger partial charge in [-0.3, -0.25) is 16.2 Å². The van der Waals surface area contributed by atoms with Crippen molar-refractivity contribution in [3.05, 3.63) is 19.6 Å². The van der Waals surface area contributed by atoms with Crippen molar-refractivity contribution in [2.24, 2.45) is 5.73 Å². The van der Waals surface area contributed by atoms with Crippen LogP contribution in [0.3, 0.4) is 0 Å². The van der Waals surface area contributed by atoms with Crippen LogP contribution in [0.1, 0.15) is 40.0 Å². The summed E-state index contributed by atoms with van der Waals surface area (Å²) in [4.78, 5) is 19.6. The van der Waals surface area contributed by atoms with Crippen molar-refractivity contribution in [3.63, 3.8) is 0 Å². The van der Waals surface area contributed by atoms with E-state index in [1.165, 1.54) is 0 Å². The van der Waals surface area contributed by atoms with Gasteiger partial charge in [-0.25, -0.2) is 0 Å². The number of allylic oxidation sites excluding steroid dienone is 1. The fourth-order valence-corrected chi connectivity index (χ4v) is 0.744. The Morgan fingerprint density at radius 3 is 1.46 bits per heavy atom. The molecule has 0 spiro atoms. The summed E-state index contributed by atoms with van der Waals surface area (Å²) in [7, 11) is 0. The number of nitrogens with two attached hydrogens (primary N) is 1. The quantitative estimate of drug-likeness (QED) is 0.280. The van der Waals surface area contributed by atoms with Crippen LogP contribution in [-0.4, -0.2) is 54.9 Å². The molecule has 7 nitrogen and oxygen atoms in total. The molecule has 0 amide bonds. The third kappa shape index (κ3) is 81.3. The second-order valence-electron chi connectivity index (χ2n) is 4.14. The fraction of sp³-hybridized carbons (Fsp3) is 0.688. The summed E-state index contributed by atoms with van der Waals surface area (Å²) >= 11 is 0. The van der Waals surface area contributed by atoms with E-state index in [-0.39, 0.29) is 45.8 Å². The molecule has 0 aliphatic heterocycles. The Morgan fingerprint density at radius 1 is 1.08 bits per heavy atom. The number of nitrogens with one attached hydrogen (secondary N) is 2. The SMILES string of the molecule is C=[C-]C.CCCNCC(=O)O.CCCNCC(=O)O.[CH2-]CCN.[Y]. The van der Waals surface area contributed by atoms with Gasteiger partial charge in [-0.15, -0.1) is 0 Å². The second-order valence-corrected chi connectivity index (χ2v) is 4.14. The molecule has 1 radical (unpaired) electrons. The zero-order chi connectivity index (χ0) is 18.9. The minimum Gasteiger partial charge on any atom is -0.507 e. The number of hydrogen-bond donors (Lipinski definition) is 5. The van der Waals surface area contributed by atoms with E-state index in [0.717, 1.165) is 32.4 Å². The van der Waals surface area contributed by atoms with Crippen molar-refractivity contribution in [2.75, 3.05) is 32.7 Å². The molecule has 0 heterocycles. The van der Waals surface area contributed by atoms with Crippen LogP contribution in [0.25, 0.3) is 0 Å². The average molecular weight is 422 g/mol. The van der Waals surface area contributed by atoms with Gasteiger partial charge < -0.3 is 39.6 Å². The van der Waals surface area contributed by atoms with E-state index in [1.54, 1.807) is 6.92 Å². The third-order valence-corrected chi connectivity index (χ3v) is 1.61. The summed E-state index contributed by atoms with van der Waals surface area (Å²) in [6.45, 7) is 14.9. The van der Waals surface area contributed by atoms with Crippen molar-refractivity contribution in [1.29, 1.82) is 0 Å². The molecule has 0 aliphatic rings. The molecule has 0 aromatic rings. The zero-order valence-corrected chi connectivity index (χ0v) is 18.3. The molecule has 0 aliphatic carbocycles. The summed E-state index contributed by atoms with van der Waals surface area (Å²) in [6, 6.07) is 0. The first-order valence-corrected chi connectivity index (χ1v) is 7.65. The molecular weight excluding hydrogens is 387 g/mol. The molecule has 6 N–H and O–H groups in total. The average Bonchev–Trinajstić information content (AvgIpc) is 2.49. The van der Waals surface area contributed by atoms with E-state index in [4.69, 9.17) is 15.9 Å². The maximum absolute atomic E-state index is 9.81. The minimum absolute atomic E-state index is 0. The van der Waals surface area contributed by atoms with E-state index in [9.17, 15) is 9.59 Å². The largest absolute Gasteiger partial charge is 0.507 e. The predicted molar refractivity (Wildman–Crippen MR) is 95.2 cm³/mol. The number of aliphatic carboxylic acids is 2. The molecule has 0 aromatic heterocycles. The van der Waals surface area contributed by atoms with Crippen LogP contribution < -0.4 is 16.4 Å². The van der Waals surface area contributed by atoms with Crippen LogP contribution in [0.4, 0.5) is 0 Å². The number of carbonyl (C=O) groups is 2. The predicted octanol–water partition coefficient (Wildman–Crippen LogP) is 1.30. The van der Waals surface area contributed by atoms with Crippen molar-refractivity contribution < 1.29 is 52.5 Å². The van der Waals surface area contributed by atoms with Gasteiger partial charge in [-0.05, 0) is 32.5 Å². The Bertz CT molecular complexity index is 233. The van der Waals surface area contributed by atoms with E-state index in [0.29, 0.717) is 6.54 Å². The van der Waals surface area contributed by atoms with Crippen molar-refractivity contribution in [1.82, 2.24) is 10.6 Å². The molecule has 0 saturated heterocycles. The minimum atomic E-state index is -0.793. The Morgan fingerprint density at radius 2 is 1.33 bits per heavy atom. The number of carboxylic acids is 2. The van der Waals surface area contributed by atoms with Gasteiger partial charge in [0.05, 0.1) is 13.1 Å². The zero-order valence-electron chi connectivity index (χ0n) is 15.4. The first-order chi connectivity index (χ1) is 10.9. The van der Waals surface area contributed by atoms with Gasteiger partial charge >= 0.3 is 11.9 Å². The molecular formula is C16H35N3O4Y-2. The standard InChI is InChI=1S/2C5H11NO2.C3H8N.C3H5.Y/c2*1-2-3-6-4-5(7)8;1-2-3-4;1-3-2;/h2*6H,2-4H2,1H3,(H,7,8);1-4H2;1H2,2H3;/q;;2*-1;. The van der Waals surface area contributed by atoms with Gasteiger partial charge in [0.15, 0.2) is 0 Å². The molecule has 0 saturated carbocycles. The summed E-state index contributed by atoms with van der Waals surface area (Å²) in [5.74, 6) is -1.59. The summed E-state index contributed by atoms with van der Waals surface area (Å²) in [5, 5.41) is 21.6. The van der Waals surface area contributed by atoms with E-state index >= 15 is 0 Å². The van der Waals surface area contributed by atoms with Crippen LogP contribution in [0.2, 0.25) is 0 Å². The molecule has 0 bridgehead atoms. The number of hydrogen-bond acceptors (Lipinski definition) is 5. The maximum Gasteiger partial charge on any atom is 0.317 e. The van der Waals surface area contributed by atoms with Crippen molar-refractivity contribution in [2.45, 2.75) is 40.0 Å². The molecule has 0 fully saturated rings. The Balaban J connectivity index is -0.0000000709. The van der Waals surface area contributed by atoms with Gasteiger partial charge in [-0.1, -0.05) is 13.8 Å². The summed E-state index contributed by atoms with van der Waals surface area (Å²) in [6.07, 6.45) is 5.31. The molecule has 0 rings (SSSR count). The van der Waals surface area contributed by atoms with Gasteiger partial charge in [-0.2, -0.15) is 13.3 Å². The van der Waals surface area contributed by atoms with Crippen LogP contribution in [0.5, 0.6) is 0 Å². The van der Waals surface area contributed by atoms with Gasteiger partial charge in [0.2, 0.25) is 0 Å². The van der Waals surface area contributed by atoms with Gasteiger partial charge in [0, 0.05) is 32.7 Å². The fourth-order valence-electron chi connectivity index (χ4n) is 0.744. The molecule has 24 heavy (non-hydrogen) atoms. The monoisotopic (exact) mass is 422 g/mol. The van der Waals surface area contributed by atoms with Crippen LogP contribution >= 0.6 is 0 Å². The Kier molecular flexibility index (Phi) is 55.7. The van der Waals surface area contributed by atoms with Gasteiger partial charge in [0.25, 0.3) is 0 Å². The van der Waals surface area contributed by atoms with E-state index in [2.05, 4.69) is 30.2 Å². The molecule has 143 valence electrons. The number of rotatable bonds is 9. The maximum atomic E-state index is 9.81. The molecule has 0 aromatic carbocycles. The molecule has 0 unspecified atom stereocenters.